The molecule has 6 heteroatoms. The topological polar surface area (TPSA) is 67.6 Å². The van der Waals surface area contributed by atoms with Crippen molar-refractivity contribution in [2.75, 3.05) is 26.4 Å². The average Bonchev–Trinajstić information content (AvgIpc) is 2.74. The highest BCUT2D eigenvalue weighted by Crippen LogP contribution is 2.10. The molecule has 1 aliphatic rings. The van der Waals surface area contributed by atoms with Crippen LogP contribution in [-0.4, -0.2) is 58.1 Å². The molecule has 19 heavy (non-hydrogen) atoms. The number of amides is 1. The summed E-state index contributed by atoms with van der Waals surface area (Å²) in [5, 5.41) is 13.6. The van der Waals surface area contributed by atoms with E-state index in [9.17, 15) is 9.90 Å². The maximum absolute atomic E-state index is 12.2. The number of hydrogen-bond acceptors (Lipinski definition) is 4. The lowest BCUT2D eigenvalue weighted by atomic mass is 10.2. The lowest BCUT2D eigenvalue weighted by Gasteiger charge is -2.34. The van der Waals surface area contributed by atoms with Gasteiger partial charge in [-0.15, -0.1) is 0 Å². The first kappa shape index (κ1) is 14.0. The van der Waals surface area contributed by atoms with Crippen molar-refractivity contribution in [1.29, 1.82) is 0 Å². The van der Waals surface area contributed by atoms with Gasteiger partial charge in [0.2, 0.25) is 5.91 Å². The molecule has 1 saturated heterocycles. The van der Waals surface area contributed by atoms with Crippen molar-refractivity contribution in [2.24, 2.45) is 0 Å². The third-order valence-corrected chi connectivity index (χ3v) is 3.40. The van der Waals surface area contributed by atoms with Gasteiger partial charge in [-0.2, -0.15) is 5.10 Å². The third-order valence-electron chi connectivity index (χ3n) is 3.40. The Labute approximate surface area is 113 Å². The van der Waals surface area contributed by atoms with Crippen LogP contribution in [0.15, 0.2) is 6.07 Å². The van der Waals surface area contributed by atoms with E-state index in [0.29, 0.717) is 32.7 Å². The van der Waals surface area contributed by atoms with Crippen LogP contribution in [0.4, 0.5) is 0 Å². The number of aryl methyl sites for hydroxylation is 3. The van der Waals surface area contributed by atoms with Crippen molar-refractivity contribution in [1.82, 2.24) is 14.7 Å². The average molecular weight is 267 g/mol. The summed E-state index contributed by atoms with van der Waals surface area (Å²) in [6.45, 7) is 5.97. The summed E-state index contributed by atoms with van der Waals surface area (Å²) in [4.78, 5) is 13.9. The highest BCUT2D eigenvalue weighted by atomic mass is 16.5. The molecule has 1 atom stereocenters. The van der Waals surface area contributed by atoms with Crippen molar-refractivity contribution < 1.29 is 14.6 Å². The number of aromatic nitrogens is 2. The zero-order valence-electron chi connectivity index (χ0n) is 11.5. The Morgan fingerprint density at radius 3 is 3.00 bits per heavy atom. The molecule has 0 radical (unpaired) electrons. The molecule has 1 fully saturated rings. The number of hydrogen-bond donors (Lipinski definition) is 1. The van der Waals surface area contributed by atoms with E-state index in [1.165, 1.54) is 0 Å². The molecule has 0 spiro atoms. The van der Waals surface area contributed by atoms with Crippen LogP contribution < -0.4 is 0 Å². The van der Waals surface area contributed by atoms with Gasteiger partial charge in [0.1, 0.15) is 0 Å². The number of aliphatic hydroxyl groups is 1. The minimum Gasteiger partial charge on any atom is -0.394 e. The molecule has 1 aromatic heterocycles. The molecule has 106 valence electrons. The molecule has 1 aromatic rings. The number of ether oxygens (including phenoxy) is 1. The van der Waals surface area contributed by atoms with Crippen LogP contribution >= 0.6 is 0 Å². The van der Waals surface area contributed by atoms with E-state index in [4.69, 9.17) is 4.74 Å². The van der Waals surface area contributed by atoms with Gasteiger partial charge in [0.15, 0.2) is 0 Å². The smallest absolute Gasteiger partial charge is 0.224 e. The highest BCUT2D eigenvalue weighted by molar-refractivity contribution is 5.76. The molecular formula is C13H21N3O3. The molecule has 1 amide bonds. The summed E-state index contributed by atoms with van der Waals surface area (Å²) in [6, 6.07) is 1.79. The first-order chi connectivity index (χ1) is 9.11. The summed E-state index contributed by atoms with van der Waals surface area (Å²) >= 11 is 0. The van der Waals surface area contributed by atoms with E-state index < -0.39 is 0 Å². The second kappa shape index (κ2) is 6.16. The van der Waals surface area contributed by atoms with Gasteiger partial charge in [-0.3, -0.25) is 9.48 Å². The molecule has 0 bridgehead atoms. The van der Waals surface area contributed by atoms with E-state index in [0.717, 1.165) is 11.4 Å². The van der Waals surface area contributed by atoms with Gasteiger partial charge in [0, 0.05) is 25.2 Å². The van der Waals surface area contributed by atoms with Crippen molar-refractivity contribution >= 4 is 5.91 Å². The maximum Gasteiger partial charge on any atom is 0.224 e. The third kappa shape index (κ3) is 3.33. The Hall–Kier alpha value is -1.40. The van der Waals surface area contributed by atoms with Crippen molar-refractivity contribution in [3.63, 3.8) is 0 Å². The fraction of sp³-hybridized carbons (Fsp3) is 0.692. The van der Waals surface area contributed by atoms with Gasteiger partial charge >= 0.3 is 0 Å². The Balaban J connectivity index is 1.91. The van der Waals surface area contributed by atoms with E-state index in [1.54, 1.807) is 4.90 Å². The summed E-state index contributed by atoms with van der Waals surface area (Å²) < 4.78 is 7.12. The predicted molar refractivity (Wildman–Crippen MR) is 69.7 cm³/mol. The quantitative estimate of drug-likeness (QED) is 0.841. The van der Waals surface area contributed by atoms with Crippen molar-refractivity contribution in [3.05, 3.63) is 17.5 Å². The Bertz CT molecular complexity index is 444. The number of carbonyl (C=O) groups is 1. The molecule has 0 saturated carbocycles. The standard InChI is InChI=1S/C13H21N3O3/c1-10-7-11(2)16(14-10)4-3-13(18)15-5-6-19-9-12(15)8-17/h7,12,17H,3-6,8-9H2,1-2H3. The molecule has 2 rings (SSSR count). The number of nitrogens with zero attached hydrogens (tertiary/aromatic N) is 3. The largest absolute Gasteiger partial charge is 0.394 e. The van der Waals surface area contributed by atoms with Crippen LogP contribution in [0, 0.1) is 13.8 Å². The minimum absolute atomic E-state index is 0.0500. The number of rotatable bonds is 4. The van der Waals surface area contributed by atoms with Crippen LogP contribution in [0.25, 0.3) is 0 Å². The normalized spacial score (nSPS) is 19.7. The van der Waals surface area contributed by atoms with Gasteiger partial charge in [-0.25, -0.2) is 0 Å². The Morgan fingerprint density at radius 1 is 1.58 bits per heavy atom. The first-order valence-corrected chi connectivity index (χ1v) is 6.61. The molecule has 0 aliphatic carbocycles. The summed E-state index contributed by atoms with van der Waals surface area (Å²) in [5.41, 5.74) is 2.02. The molecule has 1 N–H and O–H groups in total. The van der Waals surface area contributed by atoms with Gasteiger partial charge < -0.3 is 14.7 Å². The zero-order valence-corrected chi connectivity index (χ0v) is 11.5. The Morgan fingerprint density at radius 2 is 2.37 bits per heavy atom. The van der Waals surface area contributed by atoms with Crippen LogP contribution in [0.5, 0.6) is 0 Å². The second-order valence-electron chi connectivity index (χ2n) is 4.90. The van der Waals surface area contributed by atoms with E-state index in [2.05, 4.69) is 5.10 Å². The number of aliphatic hydroxyl groups excluding tert-OH is 1. The van der Waals surface area contributed by atoms with Gasteiger partial charge in [0.05, 0.1) is 31.6 Å². The minimum atomic E-state index is -0.207. The predicted octanol–water partition coefficient (Wildman–Crippen LogP) is 0.110. The van der Waals surface area contributed by atoms with Gasteiger partial charge in [0.25, 0.3) is 0 Å². The van der Waals surface area contributed by atoms with Crippen LogP contribution in [0.3, 0.4) is 0 Å². The maximum atomic E-state index is 12.2. The second-order valence-corrected chi connectivity index (χ2v) is 4.90. The van der Waals surface area contributed by atoms with E-state index >= 15 is 0 Å². The van der Waals surface area contributed by atoms with Gasteiger partial charge in [-0.1, -0.05) is 0 Å². The summed E-state index contributed by atoms with van der Waals surface area (Å²) in [5.74, 6) is 0.0508. The van der Waals surface area contributed by atoms with Gasteiger partial charge in [-0.05, 0) is 19.9 Å². The fourth-order valence-corrected chi connectivity index (χ4v) is 2.38. The molecule has 1 aliphatic heterocycles. The first-order valence-electron chi connectivity index (χ1n) is 6.61. The lowest BCUT2D eigenvalue weighted by Crippen LogP contribution is -2.50. The fourth-order valence-electron chi connectivity index (χ4n) is 2.38. The van der Waals surface area contributed by atoms with Crippen molar-refractivity contribution in [2.45, 2.75) is 32.9 Å². The molecule has 2 heterocycles. The van der Waals surface area contributed by atoms with E-state index in [1.807, 2.05) is 24.6 Å². The molecule has 0 aromatic carbocycles. The van der Waals surface area contributed by atoms with E-state index in [-0.39, 0.29) is 18.6 Å². The Kier molecular flexibility index (Phi) is 4.55. The lowest BCUT2D eigenvalue weighted by molar-refractivity contribution is -0.141. The van der Waals surface area contributed by atoms with Crippen LogP contribution in [0.1, 0.15) is 17.8 Å². The summed E-state index contributed by atoms with van der Waals surface area (Å²) in [6.07, 6.45) is 0.401. The molecule has 6 nitrogen and oxygen atoms in total. The number of carbonyl (C=O) groups excluding carboxylic acids is 1. The van der Waals surface area contributed by atoms with Crippen LogP contribution in [0.2, 0.25) is 0 Å². The monoisotopic (exact) mass is 267 g/mol. The number of morpholine rings is 1. The SMILES string of the molecule is Cc1cc(C)n(CCC(=O)N2CCOCC2CO)n1. The summed E-state index contributed by atoms with van der Waals surface area (Å²) in [7, 11) is 0. The molecular weight excluding hydrogens is 246 g/mol. The van der Waals surface area contributed by atoms with Crippen molar-refractivity contribution in [3.8, 4) is 0 Å². The zero-order chi connectivity index (χ0) is 13.8. The molecule has 1 unspecified atom stereocenters. The highest BCUT2D eigenvalue weighted by Gasteiger charge is 2.26. The van der Waals surface area contributed by atoms with Crippen LogP contribution in [-0.2, 0) is 16.1 Å².